The Kier molecular flexibility index (Phi) is 9.57. The maximum absolute atomic E-state index is 10.8. The number of aryl methyl sites for hydroxylation is 1. The van der Waals surface area contributed by atoms with Crippen LogP contribution in [0.15, 0.2) is 54.6 Å². The van der Waals surface area contributed by atoms with E-state index < -0.39 is 6.10 Å². The smallest absolute Gasteiger partial charge is 0.222 e. The highest BCUT2D eigenvalue weighted by Gasteiger charge is 2.26. The van der Waals surface area contributed by atoms with Crippen molar-refractivity contribution in [3.63, 3.8) is 0 Å². The van der Waals surface area contributed by atoms with E-state index in [4.69, 9.17) is 24.0 Å². The number of aromatic nitrogens is 2. The zero-order valence-corrected chi connectivity index (χ0v) is 22.3. The van der Waals surface area contributed by atoms with Crippen molar-refractivity contribution in [2.24, 2.45) is 7.05 Å². The number of aliphatic hydroxyl groups is 1. The van der Waals surface area contributed by atoms with Crippen LogP contribution >= 0.6 is 0 Å². The maximum Gasteiger partial charge on any atom is 0.222 e. The number of rotatable bonds is 13. The predicted molar refractivity (Wildman–Crippen MR) is 143 cm³/mol. The van der Waals surface area contributed by atoms with E-state index in [0.717, 1.165) is 42.0 Å². The van der Waals surface area contributed by atoms with Gasteiger partial charge in [-0.3, -0.25) is 4.90 Å². The Morgan fingerprint density at radius 1 is 1.14 bits per heavy atom. The van der Waals surface area contributed by atoms with Crippen LogP contribution < -0.4 is 9.47 Å². The van der Waals surface area contributed by atoms with Gasteiger partial charge in [-0.1, -0.05) is 36.4 Å². The molecule has 0 saturated carbocycles. The van der Waals surface area contributed by atoms with Gasteiger partial charge >= 0.3 is 0 Å². The van der Waals surface area contributed by atoms with Gasteiger partial charge in [-0.15, -0.1) is 0 Å². The van der Waals surface area contributed by atoms with Gasteiger partial charge in [-0.05, 0) is 38.8 Å². The van der Waals surface area contributed by atoms with Crippen LogP contribution in [0.1, 0.15) is 32.3 Å². The third-order valence-corrected chi connectivity index (χ3v) is 6.35. The van der Waals surface area contributed by atoms with Crippen molar-refractivity contribution in [1.29, 1.82) is 0 Å². The lowest BCUT2D eigenvalue weighted by Crippen LogP contribution is -2.39. The van der Waals surface area contributed by atoms with Crippen molar-refractivity contribution in [3.05, 3.63) is 60.2 Å². The van der Waals surface area contributed by atoms with Gasteiger partial charge in [0, 0.05) is 44.9 Å². The van der Waals surface area contributed by atoms with Crippen molar-refractivity contribution in [1.82, 2.24) is 14.7 Å². The molecule has 8 nitrogen and oxygen atoms in total. The Balaban J connectivity index is 1.66. The Morgan fingerprint density at radius 2 is 1.92 bits per heavy atom. The number of aliphatic hydroxyl groups excluding tert-OH is 1. The Hall–Kier alpha value is -2.91. The fraction of sp³-hybridized carbons (Fsp3) is 0.483. The molecule has 2 aromatic carbocycles. The molecule has 2 unspecified atom stereocenters. The zero-order chi connectivity index (χ0) is 26.2. The third kappa shape index (κ3) is 7.55. The van der Waals surface area contributed by atoms with E-state index >= 15 is 0 Å². The van der Waals surface area contributed by atoms with Crippen molar-refractivity contribution < 1.29 is 24.1 Å². The Bertz CT molecular complexity index is 1110. The summed E-state index contributed by atoms with van der Waals surface area (Å²) in [5.74, 6) is 2.04. The lowest BCUT2D eigenvalue weighted by molar-refractivity contribution is -0.0172. The number of nitrogens with zero attached hydrogens (tertiary/aromatic N) is 3. The number of hydrogen-bond acceptors (Lipinski definition) is 7. The molecule has 4 rings (SSSR count). The van der Waals surface area contributed by atoms with Gasteiger partial charge in [0.15, 0.2) is 0 Å². The first-order valence-electron chi connectivity index (χ1n) is 13.0. The normalized spacial score (nSPS) is 16.5. The second kappa shape index (κ2) is 13.1. The molecule has 1 aliphatic heterocycles. The fourth-order valence-electron chi connectivity index (χ4n) is 4.58. The maximum atomic E-state index is 10.8. The van der Waals surface area contributed by atoms with Gasteiger partial charge in [-0.25, -0.2) is 4.68 Å². The summed E-state index contributed by atoms with van der Waals surface area (Å²) in [6.07, 6.45) is 1.65. The monoisotopic (exact) mass is 509 g/mol. The van der Waals surface area contributed by atoms with Crippen molar-refractivity contribution in [2.45, 2.75) is 51.5 Å². The molecule has 0 aliphatic carbocycles. The fourth-order valence-corrected chi connectivity index (χ4v) is 4.58. The SMILES string of the molecule is COc1cccc(Oc2c(CN(CC(O)COC(C)C)CC3CCCO3)c(-c3ccccc3)nn2C)c1. The molecule has 0 amide bonds. The van der Waals surface area contributed by atoms with Gasteiger partial charge in [0.2, 0.25) is 5.88 Å². The van der Waals surface area contributed by atoms with E-state index in [2.05, 4.69) is 17.0 Å². The van der Waals surface area contributed by atoms with Crippen LogP contribution in [-0.2, 0) is 23.1 Å². The molecule has 2 atom stereocenters. The van der Waals surface area contributed by atoms with Gasteiger partial charge in [-0.2, -0.15) is 5.10 Å². The van der Waals surface area contributed by atoms with Crippen LogP contribution in [0.2, 0.25) is 0 Å². The first-order chi connectivity index (χ1) is 17.9. The molecule has 0 radical (unpaired) electrons. The highest BCUT2D eigenvalue weighted by Crippen LogP contribution is 2.35. The first kappa shape index (κ1) is 27.1. The van der Waals surface area contributed by atoms with Crippen LogP contribution in [0.5, 0.6) is 17.4 Å². The topological polar surface area (TPSA) is 78.2 Å². The molecular weight excluding hydrogens is 470 g/mol. The zero-order valence-electron chi connectivity index (χ0n) is 22.3. The highest BCUT2D eigenvalue weighted by atomic mass is 16.5. The number of hydrogen-bond donors (Lipinski definition) is 1. The lowest BCUT2D eigenvalue weighted by atomic mass is 10.1. The molecule has 8 heteroatoms. The third-order valence-electron chi connectivity index (χ3n) is 6.35. The molecule has 1 saturated heterocycles. The summed E-state index contributed by atoms with van der Waals surface area (Å²) in [7, 11) is 3.53. The standard InChI is InChI=1S/C29H39N3O5/c1-21(2)36-20-23(33)17-32(18-26-14-9-15-35-26)19-27-28(22-10-6-5-7-11-22)30-31(3)29(27)37-25-13-8-12-24(16-25)34-4/h5-8,10-13,16,21,23,26,33H,9,14-15,17-20H2,1-4H3. The molecule has 37 heavy (non-hydrogen) atoms. The second-order valence-corrected chi connectivity index (χ2v) is 9.77. The van der Waals surface area contributed by atoms with Crippen LogP contribution in [0.4, 0.5) is 0 Å². The Labute approximate surface area is 219 Å². The predicted octanol–water partition coefficient (Wildman–Crippen LogP) is 4.65. The van der Waals surface area contributed by atoms with E-state index in [9.17, 15) is 5.11 Å². The van der Waals surface area contributed by atoms with Gasteiger partial charge in [0.1, 0.15) is 17.2 Å². The average Bonchev–Trinajstić information content (AvgIpc) is 3.52. The minimum atomic E-state index is -0.622. The molecule has 1 fully saturated rings. The van der Waals surface area contributed by atoms with E-state index in [1.165, 1.54) is 0 Å². The summed E-state index contributed by atoms with van der Waals surface area (Å²) >= 11 is 0. The molecular formula is C29H39N3O5. The van der Waals surface area contributed by atoms with Crippen LogP contribution in [0, 0.1) is 0 Å². The summed E-state index contributed by atoms with van der Waals surface area (Å²) in [6, 6.07) is 17.7. The molecule has 3 aromatic rings. The second-order valence-electron chi connectivity index (χ2n) is 9.77. The van der Waals surface area contributed by atoms with E-state index in [1.807, 2.05) is 63.4 Å². The van der Waals surface area contributed by atoms with E-state index in [-0.39, 0.29) is 18.8 Å². The molecule has 200 valence electrons. The summed E-state index contributed by atoms with van der Waals surface area (Å²) < 4.78 is 25.2. The summed E-state index contributed by atoms with van der Waals surface area (Å²) in [5.41, 5.74) is 2.81. The lowest BCUT2D eigenvalue weighted by Gasteiger charge is -2.28. The molecule has 1 N–H and O–H groups in total. The quantitative estimate of drug-likeness (QED) is 0.359. The first-order valence-corrected chi connectivity index (χ1v) is 13.0. The molecule has 1 aliphatic rings. The number of ether oxygens (including phenoxy) is 4. The van der Waals surface area contributed by atoms with Crippen LogP contribution in [-0.4, -0.2) is 71.5 Å². The largest absolute Gasteiger partial charge is 0.497 e. The van der Waals surface area contributed by atoms with Crippen molar-refractivity contribution in [3.8, 4) is 28.6 Å². The summed E-state index contributed by atoms with van der Waals surface area (Å²) in [5, 5.41) is 15.7. The van der Waals surface area contributed by atoms with Gasteiger partial charge in [0.25, 0.3) is 0 Å². The van der Waals surface area contributed by atoms with Crippen LogP contribution in [0.25, 0.3) is 11.3 Å². The Morgan fingerprint density at radius 3 is 2.62 bits per heavy atom. The molecule has 0 spiro atoms. The van der Waals surface area contributed by atoms with Crippen molar-refractivity contribution >= 4 is 0 Å². The van der Waals surface area contributed by atoms with E-state index in [0.29, 0.717) is 31.3 Å². The summed E-state index contributed by atoms with van der Waals surface area (Å²) in [4.78, 5) is 2.23. The average molecular weight is 510 g/mol. The van der Waals surface area contributed by atoms with E-state index in [1.54, 1.807) is 11.8 Å². The molecule has 1 aromatic heterocycles. The van der Waals surface area contributed by atoms with Crippen LogP contribution in [0.3, 0.4) is 0 Å². The minimum absolute atomic E-state index is 0.0622. The van der Waals surface area contributed by atoms with Gasteiger partial charge < -0.3 is 24.1 Å². The number of methoxy groups -OCH3 is 1. The van der Waals surface area contributed by atoms with Crippen molar-refractivity contribution in [2.75, 3.05) is 33.4 Å². The summed E-state index contributed by atoms with van der Waals surface area (Å²) in [6.45, 7) is 6.71. The van der Waals surface area contributed by atoms with Gasteiger partial charge in [0.05, 0.1) is 37.6 Å². The molecule has 0 bridgehead atoms. The number of benzene rings is 2. The highest BCUT2D eigenvalue weighted by molar-refractivity contribution is 5.65. The minimum Gasteiger partial charge on any atom is -0.497 e. The molecule has 2 heterocycles.